The number of ether oxygens (including phenoxy) is 3. The minimum Gasteiger partial charge on any atom is -0.493 e. The van der Waals surface area contributed by atoms with Gasteiger partial charge in [-0.1, -0.05) is 18.2 Å². The van der Waals surface area contributed by atoms with Crippen molar-refractivity contribution < 1.29 is 28.9 Å². The fourth-order valence-corrected chi connectivity index (χ4v) is 2.70. The van der Waals surface area contributed by atoms with Crippen LogP contribution in [0.15, 0.2) is 48.5 Å². The van der Waals surface area contributed by atoms with E-state index >= 15 is 0 Å². The van der Waals surface area contributed by atoms with Gasteiger partial charge in [-0.3, -0.25) is 9.59 Å². The van der Waals surface area contributed by atoms with Gasteiger partial charge in [0.1, 0.15) is 0 Å². The number of anilines is 1. The number of hydrogen-bond donors (Lipinski definition) is 3. The van der Waals surface area contributed by atoms with E-state index in [2.05, 4.69) is 10.6 Å². The largest absolute Gasteiger partial charge is 0.493 e. The highest BCUT2D eigenvalue weighted by Gasteiger charge is 2.12. The summed E-state index contributed by atoms with van der Waals surface area (Å²) in [4.78, 5) is 24.8. The fraction of sp³-hybridized carbons (Fsp3) is 0.304. The summed E-state index contributed by atoms with van der Waals surface area (Å²) in [6, 6.07) is 12.1. The fourth-order valence-electron chi connectivity index (χ4n) is 2.70. The molecule has 0 saturated carbocycles. The molecule has 0 saturated heterocycles. The van der Waals surface area contributed by atoms with Crippen LogP contribution in [0.3, 0.4) is 0 Å². The Morgan fingerprint density at radius 3 is 2.65 bits per heavy atom. The van der Waals surface area contributed by atoms with Crippen LogP contribution in [-0.4, -0.2) is 57.0 Å². The Morgan fingerprint density at radius 1 is 1.10 bits per heavy atom. The molecule has 0 unspecified atom stereocenters. The zero-order valence-corrected chi connectivity index (χ0v) is 17.7. The van der Waals surface area contributed by atoms with E-state index in [1.165, 1.54) is 6.08 Å². The van der Waals surface area contributed by atoms with Gasteiger partial charge in [-0.15, -0.1) is 0 Å². The number of benzene rings is 2. The van der Waals surface area contributed by atoms with E-state index in [0.717, 1.165) is 5.56 Å². The maximum Gasteiger partial charge on any atom is 0.253 e. The molecule has 166 valence electrons. The van der Waals surface area contributed by atoms with Crippen LogP contribution in [0.5, 0.6) is 11.5 Å². The summed E-state index contributed by atoms with van der Waals surface area (Å²) >= 11 is 0. The van der Waals surface area contributed by atoms with Crippen molar-refractivity contribution in [2.45, 2.75) is 6.92 Å². The highest BCUT2D eigenvalue weighted by Crippen LogP contribution is 2.28. The predicted molar refractivity (Wildman–Crippen MR) is 119 cm³/mol. The van der Waals surface area contributed by atoms with Crippen LogP contribution in [-0.2, 0) is 9.53 Å². The summed E-state index contributed by atoms with van der Waals surface area (Å²) in [5.41, 5.74) is 1.51. The highest BCUT2D eigenvalue weighted by molar-refractivity contribution is 6.07. The highest BCUT2D eigenvalue weighted by atomic mass is 16.5. The monoisotopic (exact) mass is 428 g/mol. The number of para-hydroxylation sites is 1. The molecule has 0 aliphatic heterocycles. The lowest BCUT2D eigenvalue weighted by atomic mass is 10.1. The number of carbonyl (C=O) groups is 2. The van der Waals surface area contributed by atoms with Crippen molar-refractivity contribution in [3.8, 4) is 11.5 Å². The molecule has 0 aromatic heterocycles. The van der Waals surface area contributed by atoms with Gasteiger partial charge in [-0.05, 0) is 42.8 Å². The second-order valence-electron chi connectivity index (χ2n) is 6.30. The first kappa shape index (κ1) is 23.9. The molecule has 0 spiro atoms. The van der Waals surface area contributed by atoms with E-state index in [0.29, 0.717) is 35.9 Å². The quantitative estimate of drug-likeness (QED) is 0.354. The van der Waals surface area contributed by atoms with Gasteiger partial charge in [-0.2, -0.15) is 0 Å². The van der Waals surface area contributed by atoms with Gasteiger partial charge in [0.15, 0.2) is 11.5 Å². The van der Waals surface area contributed by atoms with Crippen molar-refractivity contribution in [3.05, 3.63) is 59.7 Å². The van der Waals surface area contributed by atoms with Crippen LogP contribution in [0.25, 0.3) is 6.08 Å². The number of nitrogens with one attached hydrogen (secondary N) is 2. The lowest BCUT2D eigenvalue weighted by molar-refractivity contribution is -0.111. The topological polar surface area (TPSA) is 106 Å². The van der Waals surface area contributed by atoms with E-state index in [1.54, 1.807) is 49.6 Å². The molecule has 8 heteroatoms. The van der Waals surface area contributed by atoms with Gasteiger partial charge >= 0.3 is 0 Å². The van der Waals surface area contributed by atoms with E-state index in [1.807, 2.05) is 13.0 Å². The van der Waals surface area contributed by atoms with Gasteiger partial charge in [0, 0.05) is 12.6 Å². The van der Waals surface area contributed by atoms with E-state index < -0.39 is 0 Å². The number of methoxy groups -OCH3 is 1. The van der Waals surface area contributed by atoms with E-state index in [4.69, 9.17) is 19.3 Å². The average Bonchev–Trinajstić information content (AvgIpc) is 2.78. The van der Waals surface area contributed by atoms with E-state index in [-0.39, 0.29) is 31.6 Å². The van der Waals surface area contributed by atoms with Crippen LogP contribution >= 0.6 is 0 Å². The lowest BCUT2D eigenvalue weighted by Gasteiger charge is -2.11. The van der Waals surface area contributed by atoms with Crippen LogP contribution in [0.1, 0.15) is 22.8 Å². The third kappa shape index (κ3) is 7.76. The third-order valence-electron chi connectivity index (χ3n) is 4.11. The summed E-state index contributed by atoms with van der Waals surface area (Å²) in [6.07, 6.45) is 3.03. The average molecular weight is 428 g/mol. The minimum atomic E-state index is -0.376. The second-order valence-corrected chi connectivity index (χ2v) is 6.30. The first-order chi connectivity index (χ1) is 15.1. The smallest absolute Gasteiger partial charge is 0.253 e. The molecule has 0 atom stereocenters. The number of amides is 2. The number of rotatable bonds is 12. The van der Waals surface area contributed by atoms with E-state index in [9.17, 15) is 9.59 Å². The summed E-state index contributed by atoms with van der Waals surface area (Å²) < 4.78 is 15.9. The Morgan fingerprint density at radius 2 is 1.90 bits per heavy atom. The minimum absolute atomic E-state index is 0.0697. The number of aliphatic hydroxyl groups excluding tert-OH is 1. The molecule has 0 bridgehead atoms. The van der Waals surface area contributed by atoms with Crippen molar-refractivity contribution >= 4 is 23.6 Å². The van der Waals surface area contributed by atoms with Crippen molar-refractivity contribution in [1.82, 2.24) is 5.32 Å². The van der Waals surface area contributed by atoms with Crippen molar-refractivity contribution in [3.63, 3.8) is 0 Å². The number of hydrogen-bond acceptors (Lipinski definition) is 6. The molecule has 2 amide bonds. The van der Waals surface area contributed by atoms with Crippen LogP contribution in [0, 0.1) is 0 Å². The summed E-state index contributed by atoms with van der Waals surface area (Å²) in [6.45, 7) is 3.14. The second kappa shape index (κ2) is 13.0. The maximum absolute atomic E-state index is 12.4. The van der Waals surface area contributed by atoms with Crippen molar-refractivity contribution in [2.24, 2.45) is 0 Å². The van der Waals surface area contributed by atoms with Crippen LogP contribution in [0.2, 0.25) is 0 Å². The molecule has 8 nitrogen and oxygen atoms in total. The third-order valence-corrected chi connectivity index (χ3v) is 4.11. The molecule has 2 aromatic carbocycles. The number of carbonyl (C=O) groups excluding carboxylic acids is 2. The Labute approximate surface area is 181 Å². The summed E-state index contributed by atoms with van der Waals surface area (Å²) in [7, 11) is 1.55. The van der Waals surface area contributed by atoms with Crippen molar-refractivity contribution in [1.29, 1.82) is 0 Å². The molecular formula is C23H28N2O6. The Hall–Kier alpha value is -3.36. The Bertz CT molecular complexity index is 897. The van der Waals surface area contributed by atoms with Gasteiger partial charge < -0.3 is 30.0 Å². The van der Waals surface area contributed by atoms with Crippen molar-refractivity contribution in [2.75, 3.05) is 45.4 Å². The molecule has 0 radical (unpaired) electrons. The summed E-state index contributed by atoms with van der Waals surface area (Å²) in [5, 5.41) is 14.1. The summed E-state index contributed by atoms with van der Waals surface area (Å²) in [5.74, 6) is 0.505. The standard InChI is InChI=1S/C23H28N2O6/c1-3-31-20-10-8-17(16-21(20)29-2)9-11-22(27)25-19-7-5-4-6-18(19)23(28)24-12-14-30-15-13-26/h4-11,16,26H,3,12-15H2,1-2H3,(H,24,28)(H,25,27). The van der Waals surface area contributed by atoms with Crippen LogP contribution < -0.4 is 20.1 Å². The molecule has 0 aliphatic carbocycles. The molecular weight excluding hydrogens is 400 g/mol. The molecule has 0 heterocycles. The maximum atomic E-state index is 12.4. The molecule has 31 heavy (non-hydrogen) atoms. The van der Waals surface area contributed by atoms with Gasteiger partial charge in [0.2, 0.25) is 5.91 Å². The molecule has 2 rings (SSSR count). The van der Waals surface area contributed by atoms with Gasteiger partial charge in [-0.25, -0.2) is 0 Å². The predicted octanol–water partition coefficient (Wildman–Crippen LogP) is 2.48. The SMILES string of the molecule is CCOc1ccc(C=CC(=O)Nc2ccccc2C(=O)NCCOCCO)cc1OC. The van der Waals surface area contributed by atoms with Crippen LogP contribution in [0.4, 0.5) is 5.69 Å². The zero-order chi connectivity index (χ0) is 22.5. The Balaban J connectivity index is 2.00. The van der Waals surface area contributed by atoms with Gasteiger partial charge in [0.25, 0.3) is 5.91 Å². The molecule has 3 N–H and O–H groups in total. The lowest BCUT2D eigenvalue weighted by Crippen LogP contribution is -2.28. The Kier molecular flexibility index (Phi) is 10.1. The normalized spacial score (nSPS) is 10.7. The molecule has 2 aromatic rings. The number of aliphatic hydroxyl groups is 1. The zero-order valence-electron chi connectivity index (χ0n) is 17.7. The molecule has 0 aliphatic rings. The first-order valence-corrected chi connectivity index (χ1v) is 9.94. The van der Waals surface area contributed by atoms with Gasteiger partial charge in [0.05, 0.1) is 44.8 Å². The first-order valence-electron chi connectivity index (χ1n) is 9.94. The molecule has 0 fully saturated rings.